The van der Waals surface area contributed by atoms with Crippen LogP contribution >= 0.6 is 12.4 Å². The highest BCUT2D eigenvalue weighted by molar-refractivity contribution is 5.85. The summed E-state index contributed by atoms with van der Waals surface area (Å²) in [6.45, 7) is 2.10. The number of halogens is 1. The molecule has 0 heterocycles. The molecule has 1 N–H and O–H groups in total. The lowest BCUT2D eigenvalue weighted by Crippen LogP contribution is -2.38. The summed E-state index contributed by atoms with van der Waals surface area (Å²) in [5, 5.41) is 19.6. The van der Waals surface area contributed by atoms with Crippen molar-refractivity contribution in [3.05, 3.63) is 34.4 Å². The second kappa shape index (κ2) is 8.34. The number of para-hydroxylation sites is 2. The number of carboxylic acids is 1. The monoisotopic (exact) mass is 304 g/mol. The van der Waals surface area contributed by atoms with Gasteiger partial charge in [-0.25, -0.2) is 0 Å². The van der Waals surface area contributed by atoms with Crippen LogP contribution in [0.4, 0.5) is 5.69 Å². The number of nitro benzene ring substituents is 1. The summed E-state index contributed by atoms with van der Waals surface area (Å²) in [7, 11) is 1.65. The number of hydrogen-bond acceptors (Lipinski definition) is 5. The van der Waals surface area contributed by atoms with Gasteiger partial charge in [0.1, 0.15) is 12.6 Å². The Balaban J connectivity index is 0.00000361. The predicted molar refractivity (Wildman–Crippen MR) is 75.6 cm³/mol. The van der Waals surface area contributed by atoms with E-state index in [1.165, 1.54) is 12.1 Å². The number of nitrogens with zero attached hydrogens (tertiary/aromatic N) is 2. The van der Waals surface area contributed by atoms with Crippen molar-refractivity contribution in [3.63, 3.8) is 0 Å². The van der Waals surface area contributed by atoms with Crippen LogP contribution in [0.5, 0.6) is 5.75 Å². The lowest BCUT2D eigenvalue weighted by Gasteiger charge is -2.20. The molecular formula is C12H17ClN2O5. The molecule has 0 spiro atoms. The third-order valence-electron chi connectivity index (χ3n) is 2.78. The number of aliphatic carboxylic acids is 1. The van der Waals surface area contributed by atoms with Gasteiger partial charge in [-0.2, -0.15) is 0 Å². The first-order chi connectivity index (χ1) is 8.93. The maximum Gasteiger partial charge on any atom is 0.320 e. The minimum Gasteiger partial charge on any atom is -0.485 e. The molecule has 0 aliphatic rings. The molecule has 7 nitrogen and oxygen atoms in total. The van der Waals surface area contributed by atoms with E-state index in [0.717, 1.165) is 0 Å². The number of likely N-dealkylation sites (N-methyl/N-ethyl adjacent to an activating group) is 1. The number of ether oxygens (including phenoxy) is 1. The van der Waals surface area contributed by atoms with Gasteiger partial charge in [0.05, 0.1) is 4.92 Å². The van der Waals surface area contributed by atoms with Crippen molar-refractivity contribution in [2.24, 2.45) is 0 Å². The summed E-state index contributed by atoms with van der Waals surface area (Å²) >= 11 is 0. The number of nitro groups is 1. The van der Waals surface area contributed by atoms with Gasteiger partial charge in [0, 0.05) is 12.6 Å². The molecule has 0 aliphatic carbocycles. The van der Waals surface area contributed by atoms with Crippen LogP contribution in [0.15, 0.2) is 24.3 Å². The van der Waals surface area contributed by atoms with Gasteiger partial charge >= 0.3 is 11.7 Å². The Hall–Kier alpha value is -1.86. The summed E-state index contributed by atoms with van der Waals surface area (Å²) in [5.74, 6) is -0.739. The summed E-state index contributed by atoms with van der Waals surface area (Å²) in [6.07, 6.45) is 0. The Labute approximate surface area is 122 Å². The van der Waals surface area contributed by atoms with Crippen LogP contribution in [0.3, 0.4) is 0 Å². The average Bonchev–Trinajstić information content (AvgIpc) is 2.37. The van der Waals surface area contributed by atoms with E-state index >= 15 is 0 Å². The maximum absolute atomic E-state index is 10.8. The molecule has 0 saturated heterocycles. The number of rotatable bonds is 7. The Morgan fingerprint density at radius 1 is 1.50 bits per heavy atom. The van der Waals surface area contributed by atoms with Gasteiger partial charge in [0.2, 0.25) is 0 Å². The molecule has 1 unspecified atom stereocenters. The van der Waals surface area contributed by atoms with Crippen LogP contribution in [-0.4, -0.2) is 47.1 Å². The van der Waals surface area contributed by atoms with Gasteiger partial charge in [-0.05, 0) is 20.0 Å². The van der Waals surface area contributed by atoms with E-state index in [1.54, 1.807) is 31.0 Å². The van der Waals surface area contributed by atoms with Gasteiger partial charge in [-0.3, -0.25) is 19.8 Å². The lowest BCUT2D eigenvalue weighted by atomic mass is 10.3. The third-order valence-corrected chi connectivity index (χ3v) is 2.78. The Morgan fingerprint density at radius 3 is 2.65 bits per heavy atom. The van der Waals surface area contributed by atoms with Crippen molar-refractivity contribution < 1.29 is 19.6 Å². The fourth-order valence-corrected chi connectivity index (χ4v) is 1.41. The molecule has 1 aromatic carbocycles. The SMILES string of the molecule is CC(C(=O)O)N(C)CCOc1ccccc1[N+](=O)[O-].Cl. The number of carbonyl (C=O) groups is 1. The lowest BCUT2D eigenvalue weighted by molar-refractivity contribution is -0.385. The molecular weight excluding hydrogens is 288 g/mol. The van der Waals surface area contributed by atoms with E-state index in [9.17, 15) is 14.9 Å². The second-order valence-corrected chi connectivity index (χ2v) is 4.07. The van der Waals surface area contributed by atoms with Gasteiger partial charge in [-0.1, -0.05) is 12.1 Å². The zero-order valence-corrected chi connectivity index (χ0v) is 12.0. The first-order valence-corrected chi connectivity index (χ1v) is 5.72. The first-order valence-electron chi connectivity index (χ1n) is 5.72. The predicted octanol–water partition coefficient (Wildman–Crippen LogP) is 1.80. The van der Waals surface area contributed by atoms with Crippen LogP contribution in [0.2, 0.25) is 0 Å². The zero-order chi connectivity index (χ0) is 14.4. The molecule has 0 aliphatic heterocycles. The van der Waals surface area contributed by atoms with Crippen molar-refractivity contribution in [2.45, 2.75) is 13.0 Å². The van der Waals surface area contributed by atoms with Gasteiger partial charge in [-0.15, -0.1) is 12.4 Å². The molecule has 8 heteroatoms. The molecule has 0 amide bonds. The highest BCUT2D eigenvalue weighted by atomic mass is 35.5. The smallest absolute Gasteiger partial charge is 0.320 e. The second-order valence-electron chi connectivity index (χ2n) is 4.07. The molecule has 1 rings (SSSR count). The van der Waals surface area contributed by atoms with Crippen molar-refractivity contribution in [3.8, 4) is 5.75 Å². The van der Waals surface area contributed by atoms with Crippen molar-refractivity contribution in [2.75, 3.05) is 20.2 Å². The van der Waals surface area contributed by atoms with Crippen LogP contribution in [-0.2, 0) is 4.79 Å². The van der Waals surface area contributed by atoms with Crippen molar-refractivity contribution >= 4 is 24.1 Å². The molecule has 0 radical (unpaired) electrons. The van der Waals surface area contributed by atoms with E-state index < -0.39 is 16.9 Å². The van der Waals surface area contributed by atoms with Crippen LogP contribution in [0.1, 0.15) is 6.92 Å². The quantitative estimate of drug-likeness (QED) is 0.610. The zero-order valence-electron chi connectivity index (χ0n) is 11.2. The van der Waals surface area contributed by atoms with Crippen molar-refractivity contribution in [1.82, 2.24) is 4.90 Å². The third kappa shape index (κ3) is 5.02. The Morgan fingerprint density at radius 2 is 2.10 bits per heavy atom. The molecule has 0 bridgehead atoms. The largest absolute Gasteiger partial charge is 0.485 e. The van der Waals surface area contributed by atoms with E-state index in [2.05, 4.69) is 0 Å². The summed E-state index contributed by atoms with van der Waals surface area (Å²) in [4.78, 5) is 22.6. The highest BCUT2D eigenvalue weighted by Gasteiger charge is 2.17. The number of hydrogen-bond donors (Lipinski definition) is 1. The topological polar surface area (TPSA) is 92.9 Å². The van der Waals surface area contributed by atoms with Gasteiger partial charge in [0.25, 0.3) is 0 Å². The fourth-order valence-electron chi connectivity index (χ4n) is 1.41. The maximum atomic E-state index is 10.8. The minimum atomic E-state index is -0.923. The Bertz CT molecular complexity index is 469. The number of carboxylic acid groups (broad SMARTS) is 1. The standard InChI is InChI=1S/C12H16N2O5.ClH/c1-9(12(15)16)13(2)7-8-19-11-6-4-3-5-10(11)14(17)18;/h3-6,9H,7-8H2,1-2H3,(H,15,16);1H. The fraction of sp³-hybridized carbons (Fsp3) is 0.417. The number of benzene rings is 1. The van der Waals surface area contributed by atoms with Crippen molar-refractivity contribution in [1.29, 1.82) is 0 Å². The van der Waals surface area contributed by atoms with Crippen LogP contribution < -0.4 is 4.74 Å². The minimum absolute atomic E-state index is 0. The van der Waals surface area contributed by atoms with E-state index in [4.69, 9.17) is 9.84 Å². The summed E-state index contributed by atoms with van der Waals surface area (Å²) in [5.41, 5.74) is -0.101. The molecule has 20 heavy (non-hydrogen) atoms. The van der Waals surface area contributed by atoms with Gasteiger partial charge in [0.15, 0.2) is 5.75 Å². The molecule has 1 atom stereocenters. The Kier molecular flexibility index (Phi) is 7.56. The normalized spacial score (nSPS) is 11.6. The van der Waals surface area contributed by atoms with E-state index in [-0.39, 0.29) is 30.5 Å². The molecule has 112 valence electrons. The van der Waals surface area contributed by atoms with E-state index in [0.29, 0.717) is 6.54 Å². The van der Waals surface area contributed by atoms with Gasteiger partial charge < -0.3 is 9.84 Å². The highest BCUT2D eigenvalue weighted by Crippen LogP contribution is 2.25. The molecule has 0 saturated carbocycles. The first kappa shape index (κ1) is 18.1. The van der Waals surface area contributed by atoms with Crippen LogP contribution in [0.25, 0.3) is 0 Å². The van der Waals surface area contributed by atoms with Crippen LogP contribution in [0, 0.1) is 10.1 Å². The summed E-state index contributed by atoms with van der Waals surface area (Å²) < 4.78 is 5.32. The molecule has 0 fully saturated rings. The average molecular weight is 305 g/mol. The molecule has 1 aromatic rings. The molecule has 0 aromatic heterocycles. The van der Waals surface area contributed by atoms with E-state index in [1.807, 2.05) is 0 Å². The summed E-state index contributed by atoms with van der Waals surface area (Å²) in [6, 6.07) is 5.45.